The number of hydrogen-bond donors (Lipinski definition) is 1. The Labute approximate surface area is 133 Å². The highest BCUT2D eigenvalue weighted by molar-refractivity contribution is 6.30. The van der Waals surface area contributed by atoms with Gasteiger partial charge in [0.15, 0.2) is 6.10 Å². The number of carbonyl (C=O) groups is 2. The molecule has 1 N–H and O–H groups in total. The van der Waals surface area contributed by atoms with E-state index in [9.17, 15) is 9.59 Å². The molecule has 1 aromatic heterocycles. The molecular formula is C16H15ClN2O3. The summed E-state index contributed by atoms with van der Waals surface area (Å²) in [6.45, 7) is 3.37. The van der Waals surface area contributed by atoms with Crippen molar-refractivity contribution in [1.29, 1.82) is 0 Å². The van der Waals surface area contributed by atoms with Crippen LogP contribution in [0.15, 0.2) is 42.6 Å². The third-order valence-corrected chi connectivity index (χ3v) is 3.11. The molecule has 2 rings (SSSR count). The van der Waals surface area contributed by atoms with Crippen LogP contribution in [0, 0.1) is 6.92 Å². The molecule has 0 bridgehead atoms. The summed E-state index contributed by atoms with van der Waals surface area (Å²) in [4.78, 5) is 27.9. The predicted molar refractivity (Wildman–Crippen MR) is 83.9 cm³/mol. The molecule has 22 heavy (non-hydrogen) atoms. The standard InChI is InChI=1S/C16H15ClN2O3/c1-10-4-3-5-12(8-10)16(21)22-11(2)15(20)19-14-7-6-13(17)9-18-14/h3-9,11H,1-2H3,(H,18,19,20)/t11-/m1/s1. The third-order valence-electron chi connectivity index (χ3n) is 2.89. The molecule has 1 atom stereocenters. The fourth-order valence-electron chi connectivity index (χ4n) is 1.73. The summed E-state index contributed by atoms with van der Waals surface area (Å²) in [5, 5.41) is 3.02. The van der Waals surface area contributed by atoms with E-state index in [1.807, 2.05) is 13.0 Å². The second kappa shape index (κ2) is 7.04. The monoisotopic (exact) mass is 318 g/mol. The van der Waals surface area contributed by atoms with Gasteiger partial charge in [-0.15, -0.1) is 0 Å². The SMILES string of the molecule is Cc1cccc(C(=O)O[C@H](C)C(=O)Nc2ccc(Cl)cn2)c1. The molecule has 114 valence electrons. The number of aromatic nitrogens is 1. The van der Waals surface area contributed by atoms with Crippen LogP contribution in [0.2, 0.25) is 5.02 Å². The summed E-state index contributed by atoms with van der Waals surface area (Å²) in [5.74, 6) is -0.668. The molecule has 0 aliphatic heterocycles. The summed E-state index contributed by atoms with van der Waals surface area (Å²) in [5.41, 5.74) is 1.35. The first kappa shape index (κ1) is 16.0. The van der Waals surface area contributed by atoms with Crippen LogP contribution >= 0.6 is 11.6 Å². The Hall–Kier alpha value is -2.40. The van der Waals surface area contributed by atoms with Gasteiger partial charge in [0.1, 0.15) is 5.82 Å². The number of esters is 1. The van der Waals surface area contributed by atoms with Crippen molar-refractivity contribution >= 4 is 29.3 Å². The van der Waals surface area contributed by atoms with E-state index >= 15 is 0 Å². The average molecular weight is 319 g/mol. The Morgan fingerprint density at radius 2 is 2.05 bits per heavy atom. The summed E-state index contributed by atoms with van der Waals surface area (Å²) < 4.78 is 5.14. The lowest BCUT2D eigenvalue weighted by molar-refractivity contribution is -0.123. The van der Waals surface area contributed by atoms with Crippen molar-refractivity contribution in [3.63, 3.8) is 0 Å². The van der Waals surface area contributed by atoms with E-state index in [4.69, 9.17) is 16.3 Å². The normalized spacial score (nSPS) is 11.6. The van der Waals surface area contributed by atoms with Crippen LogP contribution in [-0.4, -0.2) is 23.0 Å². The number of hydrogen-bond acceptors (Lipinski definition) is 4. The number of benzene rings is 1. The molecule has 0 unspecified atom stereocenters. The molecule has 1 amide bonds. The van der Waals surface area contributed by atoms with Crippen molar-refractivity contribution in [1.82, 2.24) is 4.98 Å². The van der Waals surface area contributed by atoms with Gasteiger partial charge in [-0.3, -0.25) is 4.79 Å². The molecule has 0 aliphatic rings. The number of ether oxygens (including phenoxy) is 1. The molecule has 6 heteroatoms. The van der Waals surface area contributed by atoms with E-state index in [0.29, 0.717) is 16.4 Å². The van der Waals surface area contributed by atoms with Crippen molar-refractivity contribution in [3.8, 4) is 0 Å². The molecule has 2 aromatic rings. The second-order valence-corrected chi connectivity index (χ2v) is 5.20. The van der Waals surface area contributed by atoms with Crippen LogP contribution in [0.4, 0.5) is 5.82 Å². The largest absolute Gasteiger partial charge is 0.449 e. The van der Waals surface area contributed by atoms with Crippen molar-refractivity contribution in [3.05, 3.63) is 58.7 Å². The summed E-state index contributed by atoms with van der Waals surface area (Å²) in [6.07, 6.45) is 0.478. The first-order chi connectivity index (χ1) is 10.5. The van der Waals surface area contributed by atoms with Crippen LogP contribution in [0.5, 0.6) is 0 Å². The first-order valence-corrected chi connectivity index (χ1v) is 7.03. The van der Waals surface area contributed by atoms with Crippen molar-refractivity contribution in [2.24, 2.45) is 0 Å². The number of carbonyl (C=O) groups excluding carboxylic acids is 2. The number of amides is 1. The number of rotatable bonds is 4. The van der Waals surface area contributed by atoms with E-state index in [1.165, 1.54) is 13.1 Å². The Bertz CT molecular complexity index is 686. The summed E-state index contributed by atoms with van der Waals surface area (Å²) in [6, 6.07) is 10.1. The molecule has 1 heterocycles. The van der Waals surface area contributed by atoms with Gasteiger partial charge in [-0.1, -0.05) is 29.3 Å². The molecular weight excluding hydrogens is 304 g/mol. The van der Waals surface area contributed by atoms with Crippen molar-refractivity contribution < 1.29 is 14.3 Å². The Morgan fingerprint density at radius 3 is 2.68 bits per heavy atom. The Balaban J connectivity index is 1.96. The number of aryl methyl sites for hydroxylation is 1. The van der Waals surface area contributed by atoms with Crippen LogP contribution < -0.4 is 5.32 Å². The third kappa shape index (κ3) is 4.30. The summed E-state index contributed by atoms with van der Waals surface area (Å²) in [7, 11) is 0. The maximum Gasteiger partial charge on any atom is 0.338 e. The first-order valence-electron chi connectivity index (χ1n) is 6.66. The van der Waals surface area contributed by atoms with Crippen molar-refractivity contribution in [2.75, 3.05) is 5.32 Å². The van der Waals surface area contributed by atoms with Gasteiger partial charge >= 0.3 is 5.97 Å². The number of pyridine rings is 1. The lowest BCUT2D eigenvalue weighted by Crippen LogP contribution is -2.30. The quantitative estimate of drug-likeness (QED) is 0.879. The smallest absolute Gasteiger partial charge is 0.338 e. The fourth-order valence-corrected chi connectivity index (χ4v) is 1.84. The molecule has 1 aromatic carbocycles. The predicted octanol–water partition coefficient (Wildman–Crippen LogP) is 3.23. The van der Waals surface area contributed by atoms with Crippen LogP contribution in [-0.2, 0) is 9.53 Å². The van der Waals surface area contributed by atoms with Gasteiger partial charge in [-0.25, -0.2) is 9.78 Å². The van der Waals surface area contributed by atoms with Crippen LogP contribution in [0.25, 0.3) is 0 Å². The van der Waals surface area contributed by atoms with Crippen molar-refractivity contribution in [2.45, 2.75) is 20.0 Å². The zero-order valence-electron chi connectivity index (χ0n) is 12.2. The molecule has 0 fully saturated rings. The molecule has 0 saturated heterocycles. The highest BCUT2D eigenvalue weighted by atomic mass is 35.5. The van der Waals surface area contributed by atoms with E-state index in [2.05, 4.69) is 10.3 Å². The minimum Gasteiger partial charge on any atom is -0.449 e. The lowest BCUT2D eigenvalue weighted by Gasteiger charge is -2.13. The van der Waals surface area contributed by atoms with E-state index < -0.39 is 18.0 Å². The van der Waals surface area contributed by atoms with Gasteiger partial charge in [-0.05, 0) is 38.1 Å². The summed E-state index contributed by atoms with van der Waals surface area (Å²) >= 11 is 5.72. The van der Waals surface area contributed by atoms with Crippen LogP contribution in [0.3, 0.4) is 0 Å². The second-order valence-electron chi connectivity index (χ2n) is 4.77. The minimum atomic E-state index is -0.939. The van der Waals surface area contributed by atoms with Gasteiger partial charge in [-0.2, -0.15) is 0 Å². The van der Waals surface area contributed by atoms with Gasteiger partial charge in [0.25, 0.3) is 5.91 Å². The maximum atomic E-state index is 12.0. The topological polar surface area (TPSA) is 68.3 Å². The highest BCUT2D eigenvalue weighted by Gasteiger charge is 2.19. The highest BCUT2D eigenvalue weighted by Crippen LogP contribution is 2.11. The van der Waals surface area contributed by atoms with Gasteiger partial charge in [0.2, 0.25) is 0 Å². The molecule has 0 aliphatic carbocycles. The van der Waals surface area contributed by atoms with Gasteiger partial charge in [0, 0.05) is 6.20 Å². The minimum absolute atomic E-state index is 0.341. The van der Waals surface area contributed by atoms with E-state index in [1.54, 1.807) is 30.3 Å². The number of nitrogens with one attached hydrogen (secondary N) is 1. The number of anilines is 1. The van der Waals surface area contributed by atoms with E-state index in [0.717, 1.165) is 5.56 Å². The van der Waals surface area contributed by atoms with Gasteiger partial charge in [0.05, 0.1) is 10.6 Å². The molecule has 0 radical (unpaired) electrons. The fraction of sp³-hybridized carbons (Fsp3) is 0.188. The average Bonchev–Trinajstić information content (AvgIpc) is 2.49. The zero-order chi connectivity index (χ0) is 16.1. The van der Waals surface area contributed by atoms with E-state index in [-0.39, 0.29) is 0 Å². The molecule has 5 nitrogen and oxygen atoms in total. The molecule has 0 spiro atoms. The number of nitrogens with zero attached hydrogens (tertiary/aromatic N) is 1. The number of halogens is 1. The maximum absolute atomic E-state index is 12.0. The van der Waals surface area contributed by atoms with Crippen LogP contribution in [0.1, 0.15) is 22.8 Å². The molecule has 0 saturated carbocycles. The Kier molecular flexibility index (Phi) is 5.12. The Morgan fingerprint density at radius 1 is 1.27 bits per heavy atom. The van der Waals surface area contributed by atoms with Gasteiger partial charge < -0.3 is 10.1 Å². The lowest BCUT2D eigenvalue weighted by atomic mass is 10.1. The zero-order valence-corrected chi connectivity index (χ0v) is 12.9.